The average molecular weight is 346 g/mol. The lowest BCUT2D eigenvalue weighted by atomic mass is 10.0. The fraction of sp³-hybridized carbons (Fsp3) is 0.533. The quantitative estimate of drug-likeness (QED) is 0.885. The van der Waals surface area contributed by atoms with Gasteiger partial charge in [-0.2, -0.15) is 0 Å². The van der Waals surface area contributed by atoms with Crippen LogP contribution in [-0.2, 0) is 4.74 Å². The minimum atomic E-state index is -0.0398. The zero-order valence-electron chi connectivity index (χ0n) is 13.0. The molecule has 9 heteroatoms. The monoisotopic (exact) mass is 346 g/mol. The Labute approximate surface area is 143 Å². The number of carbonyl (C=O) groups is 1. The summed E-state index contributed by atoms with van der Waals surface area (Å²) in [7, 11) is 0. The number of ether oxygens (including phenoxy) is 1. The number of nitrogens with zero attached hydrogens (tertiary/aromatic N) is 5. The molecule has 2 fully saturated rings. The number of rotatable bonds is 4. The van der Waals surface area contributed by atoms with Crippen molar-refractivity contribution in [2.24, 2.45) is 5.92 Å². The summed E-state index contributed by atoms with van der Waals surface area (Å²) in [6, 6.07) is 1.90. The van der Waals surface area contributed by atoms with Gasteiger partial charge in [0, 0.05) is 36.8 Å². The Morgan fingerprint density at radius 1 is 1.38 bits per heavy atom. The Kier molecular flexibility index (Phi) is 4.35. The van der Waals surface area contributed by atoms with Crippen molar-refractivity contribution in [1.82, 2.24) is 24.5 Å². The van der Waals surface area contributed by atoms with Crippen LogP contribution in [0.1, 0.15) is 23.3 Å². The maximum absolute atomic E-state index is 12.6. The lowest BCUT2D eigenvalue weighted by Gasteiger charge is -2.39. The predicted molar refractivity (Wildman–Crippen MR) is 87.7 cm³/mol. The molecule has 0 aromatic carbocycles. The van der Waals surface area contributed by atoms with Gasteiger partial charge in [-0.15, -0.1) is 5.10 Å². The predicted octanol–water partition coefficient (Wildman–Crippen LogP) is 1.06. The molecule has 0 radical (unpaired) electrons. The maximum atomic E-state index is 12.6. The molecule has 3 atom stereocenters. The molecule has 2 aromatic rings. The number of morpholine rings is 1. The van der Waals surface area contributed by atoms with Crippen LogP contribution in [0, 0.1) is 5.92 Å². The molecule has 1 amide bonds. The van der Waals surface area contributed by atoms with E-state index in [0.29, 0.717) is 30.7 Å². The van der Waals surface area contributed by atoms with Crippen molar-refractivity contribution in [1.29, 1.82) is 0 Å². The van der Waals surface area contributed by atoms with Crippen LogP contribution in [0.4, 0.5) is 5.95 Å². The topological polar surface area (TPSA) is 93.1 Å². The minimum Gasteiger partial charge on any atom is -0.374 e. The highest BCUT2D eigenvalue weighted by molar-refractivity contribution is 7.03. The van der Waals surface area contributed by atoms with Gasteiger partial charge in [-0.05, 0) is 30.4 Å². The lowest BCUT2D eigenvalue weighted by molar-refractivity contribution is -0.0603. The molecule has 2 aliphatic rings. The summed E-state index contributed by atoms with van der Waals surface area (Å²) in [5.41, 5.74) is 0.430. The Balaban J connectivity index is 1.42. The first-order valence-corrected chi connectivity index (χ1v) is 8.87. The highest BCUT2D eigenvalue weighted by atomic mass is 32.1. The van der Waals surface area contributed by atoms with E-state index in [4.69, 9.17) is 4.74 Å². The van der Waals surface area contributed by atoms with Crippen molar-refractivity contribution in [2.45, 2.75) is 25.0 Å². The van der Waals surface area contributed by atoms with Crippen LogP contribution in [0.25, 0.3) is 0 Å². The molecule has 1 aliphatic carbocycles. The van der Waals surface area contributed by atoms with Gasteiger partial charge in [-0.25, -0.2) is 9.97 Å². The van der Waals surface area contributed by atoms with Gasteiger partial charge in [0.25, 0.3) is 5.91 Å². The summed E-state index contributed by atoms with van der Waals surface area (Å²) < 4.78 is 9.78. The van der Waals surface area contributed by atoms with E-state index in [0.717, 1.165) is 19.4 Å². The van der Waals surface area contributed by atoms with Crippen LogP contribution < -0.4 is 5.32 Å². The molecule has 0 bridgehead atoms. The zero-order valence-corrected chi connectivity index (χ0v) is 13.9. The van der Waals surface area contributed by atoms with E-state index in [9.17, 15) is 4.79 Å². The van der Waals surface area contributed by atoms with Gasteiger partial charge >= 0.3 is 0 Å². The molecular formula is C15H18N6O2S. The highest BCUT2D eigenvalue weighted by Crippen LogP contribution is 2.35. The second-order valence-electron chi connectivity index (χ2n) is 5.98. The third kappa shape index (κ3) is 2.96. The van der Waals surface area contributed by atoms with Crippen LogP contribution in [0.3, 0.4) is 0 Å². The largest absolute Gasteiger partial charge is 0.374 e. The molecule has 4 rings (SSSR count). The number of hydrogen-bond acceptors (Lipinski definition) is 8. The third-order valence-corrected chi connectivity index (χ3v) is 5.15. The van der Waals surface area contributed by atoms with Crippen LogP contribution in [0.2, 0.25) is 0 Å². The Morgan fingerprint density at radius 2 is 2.25 bits per heavy atom. The van der Waals surface area contributed by atoms with Crippen LogP contribution in [0.5, 0.6) is 0 Å². The number of hydrogen-bond donors (Lipinski definition) is 1. The van der Waals surface area contributed by atoms with Crippen LogP contribution in [0.15, 0.2) is 23.8 Å². The van der Waals surface area contributed by atoms with Crippen molar-refractivity contribution in [3.63, 3.8) is 0 Å². The molecular weight excluding hydrogens is 328 g/mol. The molecule has 24 heavy (non-hydrogen) atoms. The summed E-state index contributed by atoms with van der Waals surface area (Å²) in [6.45, 7) is 1.91. The maximum Gasteiger partial charge on any atom is 0.275 e. The van der Waals surface area contributed by atoms with Crippen molar-refractivity contribution in [2.75, 3.05) is 25.0 Å². The Hall–Kier alpha value is -2.13. The summed E-state index contributed by atoms with van der Waals surface area (Å²) in [5.74, 6) is 0.920. The van der Waals surface area contributed by atoms with Crippen LogP contribution >= 0.6 is 11.5 Å². The molecule has 1 N–H and O–H groups in total. The summed E-state index contributed by atoms with van der Waals surface area (Å²) in [4.78, 5) is 22.9. The Morgan fingerprint density at radius 3 is 3.04 bits per heavy atom. The minimum absolute atomic E-state index is 0.0398. The number of carbonyl (C=O) groups excluding carboxylic acids is 1. The van der Waals surface area contributed by atoms with Gasteiger partial charge in [0.2, 0.25) is 5.95 Å². The van der Waals surface area contributed by atoms with Crippen LogP contribution in [-0.4, -0.2) is 62.2 Å². The molecule has 0 unspecified atom stereocenters. The Bertz CT molecular complexity index is 683. The van der Waals surface area contributed by atoms with E-state index in [1.807, 2.05) is 4.90 Å². The fourth-order valence-corrected chi connectivity index (χ4v) is 3.98. The lowest BCUT2D eigenvalue weighted by Crippen LogP contribution is -2.53. The van der Waals surface area contributed by atoms with Gasteiger partial charge in [0.15, 0.2) is 5.69 Å². The van der Waals surface area contributed by atoms with Gasteiger partial charge in [-0.1, -0.05) is 4.49 Å². The first-order chi connectivity index (χ1) is 11.8. The summed E-state index contributed by atoms with van der Waals surface area (Å²) in [5, 5.41) is 8.88. The van der Waals surface area contributed by atoms with E-state index in [1.54, 1.807) is 23.8 Å². The zero-order chi connectivity index (χ0) is 16.4. The van der Waals surface area contributed by atoms with E-state index in [-0.39, 0.29) is 18.1 Å². The van der Waals surface area contributed by atoms with E-state index in [2.05, 4.69) is 24.9 Å². The number of nitrogens with one attached hydrogen (secondary N) is 1. The van der Waals surface area contributed by atoms with Gasteiger partial charge in [-0.3, -0.25) is 4.79 Å². The molecule has 2 aromatic heterocycles. The second-order valence-corrected chi connectivity index (χ2v) is 6.59. The van der Waals surface area contributed by atoms with E-state index < -0.39 is 0 Å². The molecule has 1 saturated carbocycles. The molecule has 126 valence electrons. The first kappa shape index (κ1) is 15.4. The van der Waals surface area contributed by atoms with Crippen molar-refractivity contribution < 1.29 is 9.53 Å². The standard InChI is InChI=1S/C15H18N6O2S/c22-14(11-9-24-20-19-11)21-6-7-23-13-10(2-3-12(13)21)8-18-15-16-4-1-5-17-15/h1,4-5,9-10,12-13H,2-3,6-8H2,(H,16,17,18)/t10-,12-,13-/m1/s1. The van der Waals surface area contributed by atoms with Gasteiger partial charge < -0.3 is 15.0 Å². The molecule has 8 nitrogen and oxygen atoms in total. The van der Waals surface area contributed by atoms with Gasteiger partial charge in [0.1, 0.15) is 0 Å². The SMILES string of the molecule is O=C(c1csnn1)N1CCO[C@@H]2[C@@H](CNc3ncccn3)CC[C@H]21. The second kappa shape index (κ2) is 6.78. The normalized spacial score (nSPS) is 26.2. The fourth-order valence-electron chi connectivity index (χ4n) is 3.55. The van der Waals surface area contributed by atoms with E-state index in [1.165, 1.54) is 11.5 Å². The van der Waals surface area contributed by atoms with Crippen molar-refractivity contribution >= 4 is 23.4 Å². The molecule has 1 aliphatic heterocycles. The number of anilines is 1. The first-order valence-electron chi connectivity index (χ1n) is 8.03. The number of fused-ring (bicyclic) bond motifs is 1. The smallest absolute Gasteiger partial charge is 0.275 e. The molecule has 3 heterocycles. The molecule has 0 spiro atoms. The highest BCUT2D eigenvalue weighted by Gasteiger charge is 2.44. The van der Waals surface area contributed by atoms with Crippen molar-refractivity contribution in [3.8, 4) is 0 Å². The summed E-state index contributed by atoms with van der Waals surface area (Å²) in [6.07, 6.45) is 5.42. The number of amides is 1. The third-order valence-electron chi connectivity index (χ3n) is 4.65. The average Bonchev–Trinajstić information content (AvgIpc) is 3.30. The van der Waals surface area contributed by atoms with Crippen molar-refractivity contribution in [3.05, 3.63) is 29.5 Å². The van der Waals surface area contributed by atoms with E-state index >= 15 is 0 Å². The summed E-state index contributed by atoms with van der Waals surface area (Å²) >= 11 is 1.20. The number of aromatic nitrogens is 4. The van der Waals surface area contributed by atoms with Gasteiger partial charge in [0.05, 0.1) is 18.8 Å². The molecule has 1 saturated heterocycles.